The van der Waals surface area contributed by atoms with Gasteiger partial charge in [0.25, 0.3) is 10.0 Å². The number of halogens is 2. The molecule has 0 aliphatic carbocycles. The Morgan fingerprint density at radius 2 is 2.05 bits per heavy atom. The highest BCUT2D eigenvalue weighted by Crippen LogP contribution is 2.24. The number of pyridine rings is 1. The van der Waals surface area contributed by atoms with Crippen molar-refractivity contribution in [3.05, 3.63) is 52.5 Å². The Balaban J connectivity index is 2.44. The summed E-state index contributed by atoms with van der Waals surface area (Å²) in [6, 6.07) is 7.02. The Labute approximate surface area is 118 Å². The minimum absolute atomic E-state index is 0.253. The molecular formula is C12H10BrFN2O2S. The van der Waals surface area contributed by atoms with Crippen LogP contribution in [0.1, 0.15) is 5.56 Å². The smallest absolute Gasteiger partial charge is 0.264 e. The van der Waals surface area contributed by atoms with E-state index in [4.69, 9.17) is 0 Å². The van der Waals surface area contributed by atoms with Crippen LogP contribution in [-0.4, -0.2) is 13.4 Å². The number of sulfonamides is 1. The Morgan fingerprint density at radius 3 is 2.74 bits per heavy atom. The Bertz CT molecular complexity index is 719. The molecule has 0 unspecified atom stereocenters. The number of nitrogens with zero attached hydrogens (tertiary/aromatic N) is 1. The molecule has 0 aliphatic rings. The number of benzene rings is 1. The molecule has 1 aromatic carbocycles. The number of nitrogens with one attached hydrogen (secondary N) is 1. The molecule has 0 saturated heterocycles. The van der Waals surface area contributed by atoms with Crippen molar-refractivity contribution in [1.82, 2.24) is 4.98 Å². The third-order valence-electron chi connectivity index (χ3n) is 2.38. The van der Waals surface area contributed by atoms with Crippen LogP contribution in [0.4, 0.5) is 10.1 Å². The molecule has 2 aromatic rings. The van der Waals surface area contributed by atoms with Crippen molar-refractivity contribution < 1.29 is 12.8 Å². The van der Waals surface area contributed by atoms with Crippen molar-refractivity contribution in [2.24, 2.45) is 0 Å². The van der Waals surface area contributed by atoms with Gasteiger partial charge in [-0.2, -0.15) is 0 Å². The summed E-state index contributed by atoms with van der Waals surface area (Å²) in [4.78, 5) is 3.51. The summed E-state index contributed by atoms with van der Waals surface area (Å²) >= 11 is 3.12. The largest absolute Gasteiger partial charge is 0.277 e. The van der Waals surface area contributed by atoms with Crippen molar-refractivity contribution in [2.75, 3.05) is 4.72 Å². The lowest BCUT2D eigenvalue weighted by atomic mass is 10.2. The van der Waals surface area contributed by atoms with E-state index in [1.165, 1.54) is 24.4 Å². The zero-order valence-corrected chi connectivity index (χ0v) is 12.3. The number of rotatable bonds is 3. The average Bonchev–Trinajstić information content (AvgIpc) is 2.35. The van der Waals surface area contributed by atoms with Gasteiger partial charge < -0.3 is 0 Å². The van der Waals surface area contributed by atoms with Gasteiger partial charge in [-0.1, -0.05) is 6.07 Å². The summed E-state index contributed by atoms with van der Waals surface area (Å²) in [6.07, 6.45) is 1.51. The van der Waals surface area contributed by atoms with E-state index in [0.717, 1.165) is 6.07 Å². The van der Waals surface area contributed by atoms with Crippen molar-refractivity contribution in [3.63, 3.8) is 0 Å². The highest BCUT2D eigenvalue weighted by molar-refractivity contribution is 9.10. The zero-order valence-electron chi connectivity index (χ0n) is 9.89. The summed E-state index contributed by atoms with van der Waals surface area (Å²) < 4.78 is 40.5. The van der Waals surface area contributed by atoms with E-state index in [-0.39, 0.29) is 10.6 Å². The van der Waals surface area contributed by atoms with Crippen LogP contribution in [0.2, 0.25) is 0 Å². The summed E-state index contributed by atoms with van der Waals surface area (Å²) in [5.74, 6) is -0.793. The lowest BCUT2D eigenvalue weighted by molar-refractivity contribution is 0.570. The molecule has 19 heavy (non-hydrogen) atoms. The van der Waals surface area contributed by atoms with E-state index in [2.05, 4.69) is 25.6 Å². The highest BCUT2D eigenvalue weighted by atomic mass is 79.9. The Morgan fingerprint density at radius 1 is 1.32 bits per heavy atom. The molecule has 0 aliphatic heterocycles. The number of hydrogen-bond donors (Lipinski definition) is 1. The van der Waals surface area contributed by atoms with Crippen LogP contribution >= 0.6 is 15.9 Å². The van der Waals surface area contributed by atoms with Gasteiger partial charge in [0.2, 0.25) is 0 Å². The molecule has 7 heteroatoms. The predicted molar refractivity (Wildman–Crippen MR) is 73.9 cm³/mol. The SMILES string of the molecule is Cc1ccc(F)c(S(=O)(=O)Nc2cccnc2Br)c1. The molecule has 0 amide bonds. The van der Waals surface area contributed by atoms with E-state index in [1.54, 1.807) is 13.0 Å². The first-order chi connectivity index (χ1) is 8.90. The van der Waals surface area contributed by atoms with E-state index in [9.17, 15) is 12.8 Å². The van der Waals surface area contributed by atoms with Crippen LogP contribution in [0.15, 0.2) is 46.0 Å². The molecule has 0 atom stereocenters. The van der Waals surface area contributed by atoms with E-state index in [1.807, 2.05) is 0 Å². The Kier molecular flexibility index (Phi) is 3.86. The fourth-order valence-corrected chi connectivity index (χ4v) is 3.19. The van der Waals surface area contributed by atoms with Crippen LogP contribution in [0.25, 0.3) is 0 Å². The maximum Gasteiger partial charge on any atom is 0.264 e. The minimum Gasteiger partial charge on any atom is -0.277 e. The van der Waals surface area contributed by atoms with Gasteiger partial charge >= 0.3 is 0 Å². The lowest BCUT2D eigenvalue weighted by Gasteiger charge is -2.10. The normalized spacial score (nSPS) is 11.3. The molecule has 0 bridgehead atoms. The number of aryl methyl sites for hydroxylation is 1. The molecule has 4 nitrogen and oxygen atoms in total. The quantitative estimate of drug-likeness (QED) is 0.870. The molecule has 0 spiro atoms. The van der Waals surface area contributed by atoms with Crippen molar-refractivity contribution >= 4 is 31.6 Å². The summed E-state index contributed by atoms with van der Waals surface area (Å²) in [5, 5.41) is 0. The van der Waals surface area contributed by atoms with E-state index in [0.29, 0.717) is 10.2 Å². The van der Waals surface area contributed by atoms with Gasteiger partial charge in [0.1, 0.15) is 15.3 Å². The van der Waals surface area contributed by atoms with Crippen molar-refractivity contribution in [1.29, 1.82) is 0 Å². The van der Waals surface area contributed by atoms with E-state index >= 15 is 0 Å². The lowest BCUT2D eigenvalue weighted by Crippen LogP contribution is -2.15. The number of aromatic nitrogens is 1. The van der Waals surface area contributed by atoms with Gasteiger partial charge in [-0.05, 0) is 52.7 Å². The zero-order chi connectivity index (χ0) is 14.0. The third-order valence-corrected chi connectivity index (χ3v) is 4.39. The second-order valence-electron chi connectivity index (χ2n) is 3.88. The van der Waals surface area contributed by atoms with Crippen LogP contribution in [0.3, 0.4) is 0 Å². The second-order valence-corrected chi connectivity index (χ2v) is 6.28. The molecule has 0 saturated carbocycles. The maximum atomic E-state index is 13.6. The highest BCUT2D eigenvalue weighted by Gasteiger charge is 2.20. The van der Waals surface area contributed by atoms with Crippen LogP contribution in [0, 0.1) is 12.7 Å². The topological polar surface area (TPSA) is 59.1 Å². The van der Waals surface area contributed by atoms with Gasteiger partial charge in [0, 0.05) is 6.20 Å². The van der Waals surface area contributed by atoms with Gasteiger partial charge in [0.15, 0.2) is 0 Å². The van der Waals surface area contributed by atoms with Gasteiger partial charge in [-0.3, -0.25) is 4.72 Å². The molecule has 0 radical (unpaired) electrons. The summed E-state index contributed by atoms with van der Waals surface area (Å²) in [6.45, 7) is 1.69. The monoisotopic (exact) mass is 344 g/mol. The summed E-state index contributed by atoms with van der Waals surface area (Å²) in [7, 11) is -3.98. The first-order valence-electron chi connectivity index (χ1n) is 5.29. The fourth-order valence-electron chi connectivity index (χ4n) is 1.48. The van der Waals surface area contributed by atoms with Gasteiger partial charge in [-0.15, -0.1) is 0 Å². The molecule has 1 N–H and O–H groups in total. The standard InChI is InChI=1S/C12H10BrFN2O2S/c1-8-4-5-9(14)11(7-8)19(17,18)16-10-3-2-6-15-12(10)13/h2-7,16H,1H3. The van der Waals surface area contributed by atoms with Crippen molar-refractivity contribution in [3.8, 4) is 0 Å². The molecule has 0 fully saturated rings. The first-order valence-corrected chi connectivity index (χ1v) is 7.57. The molecular weight excluding hydrogens is 335 g/mol. The summed E-state index contributed by atoms with van der Waals surface area (Å²) in [5.41, 5.74) is 0.912. The van der Waals surface area contributed by atoms with Crippen molar-refractivity contribution in [2.45, 2.75) is 11.8 Å². The molecule has 1 heterocycles. The van der Waals surface area contributed by atoms with Crippen LogP contribution < -0.4 is 4.72 Å². The molecule has 2 rings (SSSR count). The Hall–Kier alpha value is -1.47. The number of anilines is 1. The molecule has 100 valence electrons. The maximum absolute atomic E-state index is 13.6. The molecule has 1 aromatic heterocycles. The fraction of sp³-hybridized carbons (Fsp3) is 0.0833. The average molecular weight is 345 g/mol. The van der Waals surface area contributed by atoms with E-state index < -0.39 is 15.8 Å². The van der Waals surface area contributed by atoms with Crippen LogP contribution in [-0.2, 0) is 10.0 Å². The predicted octanol–water partition coefficient (Wildman–Crippen LogP) is 3.09. The third kappa shape index (κ3) is 3.10. The minimum atomic E-state index is -3.98. The number of hydrogen-bond acceptors (Lipinski definition) is 3. The van der Waals surface area contributed by atoms with Gasteiger partial charge in [-0.25, -0.2) is 17.8 Å². The van der Waals surface area contributed by atoms with Gasteiger partial charge in [0.05, 0.1) is 5.69 Å². The second kappa shape index (κ2) is 5.26. The first kappa shape index (κ1) is 14.0. The van der Waals surface area contributed by atoms with Crippen LogP contribution in [0.5, 0.6) is 0 Å².